The van der Waals surface area contributed by atoms with Crippen LogP contribution in [0.4, 0.5) is 4.79 Å². The number of rotatable bonds is 7. The smallest absolute Gasteiger partial charge is 0.861 e. The van der Waals surface area contributed by atoms with Crippen molar-refractivity contribution < 1.29 is 44.3 Å². The molecule has 5 nitrogen and oxygen atoms in total. The van der Waals surface area contributed by atoms with Gasteiger partial charge < -0.3 is 5.11 Å². The van der Waals surface area contributed by atoms with Crippen molar-refractivity contribution in [2.24, 2.45) is 16.3 Å². The van der Waals surface area contributed by atoms with E-state index in [1.54, 1.807) is 0 Å². The Morgan fingerprint density at radius 2 is 1.90 bits per heavy atom. The van der Waals surface area contributed by atoms with Crippen LogP contribution in [-0.4, -0.2) is 17.8 Å². The molecule has 0 saturated heterocycles. The number of imide groups is 1. The van der Waals surface area contributed by atoms with Gasteiger partial charge in [-0.05, 0) is 24.7 Å². The maximum absolute atomic E-state index is 12.2. The number of aliphatic imine (C=N–C) groups is 1. The number of amides is 3. The summed E-state index contributed by atoms with van der Waals surface area (Å²) in [6, 6.07) is -0.831. The van der Waals surface area contributed by atoms with E-state index in [0.29, 0.717) is 6.42 Å². The molecule has 3 amide bonds. The predicted molar refractivity (Wildman–Crippen MR) is 71.6 cm³/mol. The zero-order chi connectivity index (χ0) is 14.5. The predicted octanol–water partition coefficient (Wildman–Crippen LogP) is -0.998. The van der Waals surface area contributed by atoms with Crippen LogP contribution in [0.15, 0.2) is 4.99 Å². The van der Waals surface area contributed by atoms with Crippen molar-refractivity contribution in [1.82, 2.24) is 5.32 Å². The van der Waals surface area contributed by atoms with E-state index in [1.807, 2.05) is 13.8 Å². The van der Waals surface area contributed by atoms with Gasteiger partial charge >= 0.3 is 35.6 Å². The molecule has 108 valence electrons. The number of nitrogens with one attached hydrogen (secondary N) is 1. The third kappa shape index (κ3) is 3.83. The van der Waals surface area contributed by atoms with E-state index in [1.165, 1.54) is 0 Å². The number of urea groups is 1. The van der Waals surface area contributed by atoms with Gasteiger partial charge in [0.05, 0.1) is 5.41 Å². The molecule has 1 heterocycles. The van der Waals surface area contributed by atoms with Gasteiger partial charge in [-0.1, -0.05) is 46.5 Å². The quantitative estimate of drug-likeness (QED) is 0.482. The fraction of sp³-hybridized carbons (Fsp3) is 0.786. The minimum absolute atomic E-state index is 0. The van der Waals surface area contributed by atoms with E-state index in [9.17, 15) is 14.7 Å². The van der Waals surface area contributed by atoms with Gasteiger partial charge in [0.25, 0.3) is 0 Å². The van der Waals surface area contributed by atoms with Crippen molar-refractivity contribution in [3.8, 4) is 0 Å². The van der Waals surface area contributed by atoms with Gasteiger partial charge in [-0.3, -0.25) is 10.1 Å². The first-order valence-electron chi connectivity index (χ1n) is 7.14. The number of unbranched alkanes of at least 4 members (excludes halogenated alkanes) is 2. The molecule has 0 saturated carbocycles. The molecule has 1 aliphatic rings. The largest absolute Gasteiger partial charge is 1.00 e. The van der Waals surface area contributed by atoms with E-state index >= 15 is 0 Å². The van der Waals surface area contributed by atoms with Gasteiger partial charge in [-0.25, -0.2) is 9.79 Å². The minimum atomic E-state index is -1.14. The third-order valence-corrected chi connectivity index (χ3v) is 4.11. The number of nitrogens with zero attached hydrogens (tertiary/aromatic N) is 1. The Balaban J connectivity index is 0.00000361. The molecule has 0 aliphatic carbocycles. The number of hydrogen-bond donors (Lipinski definition) is 1. The molecule has 0 bridgehead atoms. The normalized spacial score (nSPS) is 23.6. The Morgan fingerprint density at radius 1 is 1.25 bits per heavy atom. The summed E-state index contributed by atoms with van der Waals surface area (Å²) in [6.45, 7) is 5.90. The first-order valence-corrected chi connectivity index (χ1v) is 7.14. The van der Waals surface area contributed by atoms with Gasteiger partial charge in [-0.15, -0.1) is 0 Å². The Labute approximate surface area is 142 Å². The summed E-state index contributed by atoms with van der Waals surface area (Å²) in [7, 11) is 0. The molecule has 1 N–H and O–H groups in total. The molecule has 0 spiro atoms. The van der Waals surface area contributed by atoms with Crippen LogP contribution < -0.4 is 40.0 Å². The molecule has 1 aliphatic heterocycles. The summed E-state index contributed by atoms with van der Waals surface area (Å²) in [5.74, 6) is -1.08. The van der Waals surface area contributed by atoms with Crippen molar-refractivity contribution in [3.63, 3.8) is 0 Å². The molecule has 20 heavy (non-hydrogen) atoms. The van der Waals surface area contributed by atoms with Crippen molar-refractivity contribution in [3.05, 3.63) is 0 Å². The Bertz CT molecular complexity index is 385. The molecular formula is C14H23N2NaO3. The van der Waals surface area contributed by atoms with E-state index in [-0.39, 0.29) is 35.5 Å². The Hall–Kier alpha value is -0.390. The minimum Gasteiger partial charge on any atom is -0.861 e. The molecule has 2 atom stereocenters. The van der Waals surface area contributed by atoms with Crippen molar-refractivity contribution in [2.45, 2.75) is 59.3 Å². The van der Waals surface area contributed by atoms with Crippen molar-refractivity contribution >= 4 is 17.8 Å². The van der Waals surface area contributed by atoms with Crippen molar-refractivity contribution in [1.29, 1.82) is 0 Å². The summed E-state index contributed by atoms with van der Waals surface area (Å²) in [5.41, 5.74) is -1.14. The van der Waals surface area contributed by atoms with Crippen LogP contribution in [0.5, 0.6) is 0 Å². The molecule has 0 aromatic heterocycles. The molecule has 6 heteroatoms. The average Bonchev–Trinajstić information content (AvgIpc) is 2.36. The van der Waals surface area contributed by atoms with Gasteiger partial charge in [-0.2, -0.15) is 0 Å². The van der Waals surface area contributed by atoms with Crippen LogP contribution in [0, 0.1) is 11.3 Å². The van der Waals surface area contributed by atoms with Crippen LogP contribution in [0.3, 0.4) is 0 Å². The number of hydrogen-bond acceptors (Lipinski definition) is 3. The first kappa shape index (κ1) is 19.6. The summed E-state index contributed by atoms with van der Waals surface area (Å²) in [6.07, 6.45) is 5.12. The zero-order valence-electron chi connectivity index (χ0n) is 13.0. The molecule has 1 rings (SSSR count). The second-order valence-corrected chi connectivity index (χ2v) is 5.10. The maximum Gasteiger partial charge on any atom is 1.00 e. The Kier molecular flexibility index (Phi) is 8.63. The molecule has 0 aromatic carbocycles. The standard InChI is InChI=1S/C14H24N2O3.Na/c1-4-7-8-9-10(5-2)14(6-3)11(17)15-13(19)16-12(14)18;/h10H,4-9H2,1-3H3,(H2,15,16,17,18,19);/q;+1/p-1. The van der Waals surface area contributed by atoms with Gasteiger partial charge in [0, 0.05) is 0 Å². The van der Waals surface area contributed by atoms with Crippen molar-refractivity contribution in [2.75, 3.05) is 0 Å². The topological polar surface area (TPSA) is 81.6 Å². The molecule has 0 fully saturated rings. The zero-order valence-corrected chi connectivity index (χ0v) is 15.0. The monoisotopic (exact) mass is 290 g/mol. The average molecular weight is 290 g/mol. The first-order chi connectivity index (χ1) is 9.02. The summed E-state index contributed by atoms with van der Waals surface area (Å²) >= 11 is 0. The SMILES string of the molecule is CCCCCC(CC)C1(CC)C(=O)NC(=O)N=C1[O-].[Na+]. The number of carbonyl (C=O) groups excluding carboxylic acids is 2. The van der Waals surface area contributed by atoms with E-state index in [2.05, 4.69) is 17.2 Å². The third-order valence-electron chi connectivity index (χ3n) is 4.11. The Morgan fingerprint density at radius 3 is 2.35 bits per heavy atom. The maximum atomic E-state index is 12.2. The van der Waals surface area contributed by atoms with E-state index in [0.717, 1.165) is 32.1 Å². The second-order valence-electron chi connectivity index (χ2n) is 5.10. The van der Waals surface area contributed by atoms with Gasteiger partial charge in [0.1, 0.15) is 0 Å². The van der Waals surface area contributed by atoms with Gasteiger partial charge in [0.2, 0.25) is 5.91 Å². The molecule has 0 radical (unpaired) electrons. The summed E-state index contributed by atoms with van der Waals surface area (Å²) in [4.78, 5) is 26.8. The van der Waals surface area contributed by atoms with Crippen LogP contribution in [0.1, 0.15) is 59.3 Å². The molecule has 0 aromatic rings. The van der Waals surface area contributed by atoms with Gasteiger partial charge in [0.15, 0.2) is 0 Å². The fourth-order valence-electron chi connectivity index (χ4n) is 2.93. The molecular weight excluding hydrogens is 267 g/mol. The second kappa shape index (κ2) is 8.80. The molecule has 2 unspecified atom stereocenters. The number of carbonyl (C=O) groups is 2. The van der Waals surface area contributed by atoms with Crippen LogP contribution in [-0.2, 0) is 4.79 Å². The van der Waals surface area contributed by atoms with E-state index in [4.69, 9.17) is 0 Å². The van der Waals surface area contributed by atoms with E-state index < -0.39 is 23.3 Å². The fourth-order valence-corrected chi connectivity index (χ4v) is 2.93. The van der Waals surface area contributed by atoms with Crippen LogP contribution in [0.25, 0.3) is 0 Å². The van der Waals surface area contributed by atoms with Crippen LogP contribution in [0.2, 0.25) is 0 Å². The summed E-state index contributed by atoms with van der Waals surface area (Å²) in [5, 5.41) is 14.3. The summed E-state index contributed by atoms with van der Waals surface area (Å²) < 4.78 is 0. The van der Waals surface area contributed by atoms with Crippen LogP contribution >= 0.6 is 0 Å².